The van der Waals surface area contributed by atoms with Gasteiger partial charge in [0.1, 0.15) is 11.3 Å². The van der Waals surface area contributed by atoms with E-state index in [1.807, 2.05) is 42.5 Å². The maximum Gasteiger partial charge on any atom is 0.310 e. The van der Waals surface area contributed by atoms with Crippen LogP contribution in [0, 0.1) is 0 Å². The number of hydrogen-bond donors (Lipinski definition) is 0. The van der Waals surface area contributed by atoms with Gasteiger partial charge in [-0.3, -0.25) is 4.79 Å². The third kappa shape index (κ3) is 3.67. The average Bonchev–Trinajstić information content (AvgIpc) is 3.34. The molecule has 7 nitrogen and oxygen atoms in total. The Bertz CT molecular complexity index is 1070. The summed E-state index contributed by atoms with van der Waals surface area (Å²) in [6.07, 6.45) is 1.63. The maximum atomic E-state index is 12.1. The molecule has 27 heavy (non-hydrogen) atoms. The van der Waals surface area contributed by atoms with Crippen molar-refractivity contribution in [2.45, 2.75) is 13.0 Å². The Kier molecular flexibility index (Phi) is 4.57. The quantitative estimate of drug-likeness (QED) is 0.481. The Morgan fingerprint density at radius 3 is 2.78 bits per heavy atom. The Morgan fingerprint density at radius 1 is 1.11 bits per heavy atom. The van der Waals surface area contributed by atoms with Crippen LogP contribution in [0.2, 0.25) is 0 Å². The van der Waals surface area contributed by atoms with Gasteiger partial charge < -0.3 is 18.3 Å². The molecule has 0 unspecified atom stereocenters. The van der Waals surface area contributed by atoms with Crippen LogP contribution in [0.5, 0.6) is 5.75 Å². The van der Waals surface area contributed by atoms with Gasteiger partial charge in [-0.25, -0.2) is 0 Å². The summed E-state index contributed by atoms with van der Waals surface area (Å²) >= 11 is 0. The number of fused-ring (bicyclic) bond motifs is 1. The first-order valence-electron chi connectivity index (χ1n) is 8.30. The number of hydrogen-bond acceptors (Lipinski definition) is 7. The smallest absolute Gasteiger partial charge is 0.310 e. The summed E-state index contributed by atoms with van der Waals surface area (Å²) in [6.45, 7) is -0.0811. The van der Waals surface area contributed by atoms with E-state index in [-0.39, 0.29) is 18.9 Å². The van der Waals surface area contributed by atoms with Crippen LogP contribution in [0.1, 0.15) is 11.5 Å². The molecule has 0 N–H and O–H groups in total. The monoisotopic (exact) mass is 364 g/mol. The van der Waals surface area contributed by atoms with E-state index in [1.165, 1.54) is 0 Å². The molecule has 0 fully saturated rings. The minimum atomic E-state index is -0.409. The summed E-state index contributed by atoms with van der Waals surface area (Å²) in [6, 6.07) is 14.8. The van der Waals surface area contributed by atoms with E-state index in [1.54, 1.807) is 19.4 Å². The number of esters is 1. The van der Waals surface area contributed by atoms with Crippen molar-refractivity contribution in [3.8, 4) is 17.2 Å². The lowest BCUT2D eigenvalue weighted by Crippen LogP contribution is -2.07. The number of carbonyl (C=O) groups excluding carboxylic acids is 1. The fourth-order valence-electron chi connectivity index (χ4n) is 2.69. The van der Waals surface area contributed by atoms with Crippen LogP contribution in [0.15, 0.2) is 63.6 Å². The molecule has 0 aliphatic carbocycles. The van der Waals surface area contributed by atoms with Crippen LogP contribution in [-0.2, 0) is 22.6 Å². The number of methoxy groups -OCH3 is 1. The van der Waals surface area contributed by atoms with E-state index in [0.717, 1.165) is 16.5 Å². The second-order valence-electron chi connectivity index (χ2n) is 5.83. The maximum absolute atomic E-state index is 12.1. The van der Waals surface area contributed by atoms with E-state index in [2.05, 4.69) is 10.2 Å². The van der Waals surface area contributed by atoms with Gasteiger partial charge in [0.05, 0.1) is 19.8 Å². The molecular weight excluding hydrogens is 348 g/mol. The summed E-state index contributed by atoms with van der Waals surface area (Å²) < 4.78 is 21.4. The van der Waals surface area contributed by atoms with E-state index < -0.39 is 5.97 Å². The van der Waals surface area contributed by atoms with E-state index >= 15 is 0 Å². The van der Waals surface area contributed by atoms with Gasteiger partial charge in [-0.15, -0.1) is 10.2 Å². The van der Waals surface area contributed by atoms with Crippen LogP contribution in [-0.4, -0.2) is 23.3 Å². The minimum absolute atomic E-state index is 0.0811. The van der Waals surface area contributed by atoms with Gasteiger partial charge in [0, 0.05) is 22.6 Å². The second kappa shape index (κ2) is 7.33. The first kappa shape index (κ1) is 16.8. The molecule has 2 aromatic carbocycles. The van der Waals surface area contributed by atoms with Gasteiger partial charge in [0.2, 0.25) is 5.89 Å². The highest BCUT2D eigenvalue weighted by Crippen LogP contribution is 2.26. The molecule has 4 rings (SSSR count). The molecule has 4 aromatic rings. The highest BCUT2D eigenvalue weighted by Gasteiger charge is 2.14. The highest BCUT2D eigenvalue weighted by molar-refractivity contribution is 5.86. The van der Waals surface area contributed by atoms with Crippen LogP contribution in [0.4, 0.5) is 0 Å². The number of ether oxygens (including phenoxy) is 2. The van der Waals surface area contributed by atoms with E-state index in [9.17, 15) is 4.79 Å². The molecule has 0 saturated carbocycles. The summed E-state index contributed by atoms with van der Waals surface area (Å²) in [5.41, 5.74) is 2.21. The zero-order chi connectivity index (χ0) is 18.6. The summed E-state index contributed by atoms with van der Waals surface area (Å²) in [5, 5.41) is 8.71. The van der Waals surface area contributed by atoms with Crippen LogP contribution in [0.25, 0.3) is 22.4 Å². The number of carbonyl (C=O) groups is 1. The van der Waals surface area contributed by atoms with Crippen LogP contribution >= 0.6 is 0 Å². The molecular formula is C20H16N2O5. The minimum Gasteiger partial charge on any atom is -0.497 e. The van der Waals surface area contributed by atoms with Gasteiger partial charge in [-0.2, -0.15) is 0 Å². The van der Waals surface area contributed by atoms with Crippen molar-refractivity contribution in [2.75, 3.05) is 7.11 Å². The molecule has 0 radical (unpaired) electrons. The zero-order valence-electron chi connectivity index (χ0n) is 14.5. The molecule has 0 atom stereocenters. The van der Waals surface area contributed by atoms with Gasteiger partial charge in [-0.1, -0.05) is 18.2 Å². The zero-order valence-corrected chi connectivity index (χ0v) is 14.5. The number of rotatable bonds is 6. The SMILES string of the molecule is COc1ccc2c(CC(=O)OCc3nnc(-c4ccccc4)o3)coc2c1. The van der Waals surface area contributed by atoms with Gasteiger partial charge in [0.15, 0.2) is 6.61 Å². The topological polar surface area (TPSA) is 87.6 Å². The number of furan rings is 1. The molecule has 136 valence electrons. The van der Waals surface area contributed by atoms with Crippen LogP contribution < -0.4 is 4.74 Å². The predicted molar refractivity (Wildman–Crippen MR) is 96.0 cm³/mol. The molecule has 0 aliphatic heterocycles. The Labute approximate surface area is 154 Å². The molecule has 7 heteroatoms. The first-order valence-corrected chi connectivity index (χ1v) is 8.30. The number of nitrogens with zero attached hydrogens (tertiary/aromatic N) is 2. The van der Waals surface area contributed by atoms with Crippen molar-refractivity contribution in [1.29, 1.82) is 0 Å². The standard InChI is InChI=1S/C20H16N2O5/c1-24-15-7-8-16-14(11-25-17(16)10-15)9-19(23)26-12-18-21-22-20(27-18)13-5-3-2-4-6-13/h2-8,10-11H,9,12H2,1H3. The van der Waals surface area contributed by atoms with Gasteiger partial charge in [0.25, 0.3) is 5.89 Å². The third-order valence-electron chi connectivity index (χ3n) is 4.04. The molecule has 2 aromatic heterocycles. The lowest BCUT2D eigenvalue weighted by molar-refractivity contribution is -0.144. The fourth-order valence-corrected chi connectivity index (χ4v) is 2.69. The molecule has 0 aliphatic rings. The van der Waals surface area contributed by atoms with Crippen molar-refractivity contribution in [3.05, 3.63) is 66.2 Å². The number of benzene rings is 2. The molecule has 0 saturated heterocycles. The fraction of sp³-hybridized carbons (Fsp3) is 0.150. The molecule has 2 heterocycles. The average molecular weight is 364 g/mol. The largest absolute Gasteiger partial charge is 0.497 e. The van der Waals surface area contributed by atoms with Crippen molar-refractivity contribution in [2.24, 2.45) is 0 Å². The Morgan fingerprint density at radius 2 is 1.96 bits per heavy atom. The highest BCUT2D eigenvalue weighted by atomic mass is 16.5. The normalized spacial score (nSPS) is 10.9. The van der Waals surface area contributed by atoms with Gasteiger partial charge >= 0.3 is 5.97 Å². The van der Waals surface area contributed by atoms with E-state index in [0.29, 0.717) is 17.2 Å². The van der Waals surface area contributed by atoms with Gasteiger partial charge in [-0.05, 0) is 24.3 Å². The molecule has 0 bridgehead atoms. The van der Waals surface area contributed by atoms with Crippen molar-refractivity contribution in [3.63, 3.8) is 0 Å². The first-order chi connectivity index (χ1) is 13.2. The second-order valence-corrected chi connectivity index (χ2v) is 5.83. The molecule has 0 spiro atoms. The van der Waals surface area contributed by atoms with E-state index in [4.69, 9.17) is 18.3 Å². The molecule has 0 amide bonds. The van der Waals surface area contributed by atoms with Crippen molar-refractivity contribution in [1.82, 2.24) is 10.2 Å². The van der Waals surface area contributed by atoms with Crippen molar-refractivity contribution < 1.29 is 23.1 Å². The lowest BCUT2D eigenvalue weighted by atomic mass is 10.1. The predicted octanol–water partition coefficient (Wildman–Crippen LogP) is 3.78. The van der Waals surface area contributed by atoms with Crippen LogP contribution in [0.3, 0.4) is 0 Å². The Balaban J connectivity index is 1.38. The third-order valence-corrected chi connectivity index (χ3v) is 4.04. The van der Waals surface area contributed by atoms with Crippen molar-refractivity contribution >= 4 is 16.9 Å². The Hall–Kier alpha value is -3.61. The number of aromatic nitrogens is 2. The lowest BCUT2D eigenvalue weighted by Gasteiger charge is -2.01. The summed E-state index contributed by atoms with van der Waals surface area (Å²) in [5.74, 6) is 0.907. The summed E-state index contributed by atoms with van der Waals surface area (Å²) in [4.78, 5) is 12.1. The summed E-state index contributed by atoms with van der Waals surface area (Å²) in [7, 11) is 1.59.